The molecule has 0 fully saturated rings. The van der Waals surface area contributed by atoms with Crippen molar-refractivity contribution in [2.24, 2.45) is 0 Å². The van der Waals surface area contributed by atoms with Crippen LogP contribution in [0.1, 0.15) is 11.3 Å². The van der Waals surface area contributed by atoms with Crippen LogP contribution in [-0.2, 0) is 6.42 Å². The first-order chi connectivity index (χ1) is 9.54. The lowest BCUT2D eigenvalue weighted by Gasteiger charge is -2.05. The van der Waals surface area contributed by atoms with Crippen LogP contribution in [0.5, 0.6) is 0 Å². The number of para-hydroxylation sites is 1. The molecular formula is C11H11N5O3S. The Morgan fingerprint density at radius 2 is 2.10 bits per heavy atom. The van der Waals surface area contributed by atoms with Crippen molar-refractivity contribution < 1.29 is 4.92 Å². The zero-order valence-corrected chi connectivity index (χ0v) is 11.3. The van der Waals surface area contributed by atoms with E-state index in [1.165, 1.54) is 17.8 Å². The van der Waals surface area contributed by atoms with E-state index in [1.807, 2.05) is 0 Å². The number of hydrogen-bond acceptors (Lipinski definition) is 7. The monoisotopic (exact) mass is 293 g/mol. The highest BCUT2D eigenvalue weighted by Gasteiger charge is 2.16. The topological polar surface area (TPSA) is 117 Å². The first-order valence-corrected chi connectivity index (χ1v) is 6.77. The van der Waals surface area contributed by atoms with Gasteiger partial charge in [0.05, 0.1) is 4.92 Å². The molecule has 0 aliphatic rings. The highest BCUT2D eigenvalue weighted by atomic mass is 32.2. The van der Waals surface area contributed by atoms with E-state index in [2.05, 4.69) is 10.2 Å². The van der Waals surface area contributed by atoms with Crippen molar-refractivity contribution in [3.05, 3.63) is 56.0 Å². The number of rotatable bonds is 4. The van der Waals surface area contributed by atoms with Crippen molar-refractivity contribution in [3.8, 4) is 0 Å². The summed E-state index contributed by atoms with van der Waals surface area (Å²) in [5.41, 5.74) is -0.117. The summed E-state index contributed by atoms with van der Waals surface area (Å²) in [5, 5.41) is 18.8. The van der Waals surface area contributed by atoms with Crippen molar-refractivity contribution in [1.29, 1.82) is 0 Å². The van der Waals surface area contributed by atoms with Gasteiger partial charge in [-0.2, -0.15) is 4.68 Å². The highest BCUT2D eigenvalue weighted by Crippen LogP contribution is 2.19. The van der Waals surface area contributed by atoms with Crippen LogP contribution >= 0.6 is 11.8 Å². The first kappa shape index (κ1) is 14.0. The lowest BCUT2D eigenvalue weighted by molar-refractivity contribution is -0.385. The van der Waals surface area contributed by atoms with E-state index in [4.69, 9.17) is 5.84 Å². The van der Waals surface area contributed by atoms with Gasteiger partial charge in [-0.3, -0.25) is 14.9 Å². The number of nitrogens with two attached hydrogens (primary N) is 1. The highest BCUT2D eigenvalue weighted by molar-refractivity contribution is 7.98. The smallest absolute Gasteiger partial charge is 0.294 e. The Balaban J connectivity index is 2.44. The maximum absolute atomic E-state index is 12.0. The number of hydrogen-bond donors (Lipinski definition) is 1. The van der Waals surface area contributed by atoms with Crippen LogP contribution in [0.2, 0.25) is 0 Å². The summed E-state index contributed by atoms with van der Waals surface area (Å²) in [6, 6.07) is 6.17. The lowest BCUT2D eigenvalue weighted by Crippen LogP contribution is -2.33. The third kappa shape index (κ3) is 2.62. The Morgan fingerprint density at radius 3 is 2.75 bits per heavy atom. The molecule has 2 rings (SSSR count). The van der Waals surface area contributed by atoms with Crippen LogP contribution in [0.15, 0.2) is 34.2 Å². The molecular weight excluding hydrogens is 282 g/mol. The number of nitro groups is 1. The Labute approximate surface area is 117 Å². The summed E-state index contributed by atoms with van der Waals surface area (Å²) >= 11 is 1.19. The lowest BCUT2D eigenvalue weighted by atomic mass is 10.1. The number of nitro benzene ring substituents is 1. The van der Waals surface area contributed by atoms with Crippen LogP contribution < -0.4 is 11.4 Å². The maximum atomic E-state index is 12.0. The average Bonchev–Trinajstić information content (AvgIpc) is 2.44. The van der Waals surface area contributed by atoms with Gasteiger partial charge in [-0.05, 0) is 6.26 Å². The number of nitrogen functional groups attached to an aromatic ring is 1. The van der Waals surface area contributed by atoms with Gasteiger partial charge in [0.2, 0.25) is 5.16 Å². The molecule has 0 saturated carbocycles. The fourth-order valence-electron chi connectivity index (χ4n) is 1.69. The minimum absolute atomic E-state index is 0.00878. The molecule has 2 N–H and O–H groups in total. The van der Waals surface area contributed by atoms with E-state index in [0.717, 1.165) is 4.68 Å². The molecule has 9 heteroatoms. The van der Waals surface area contributed by atoms with E-state index in [9.17, 15) is 14.9 Å². The van der Waals surface area contributed by atoms with Crippen LogP contribution in [0.4, 0.5) is 5.69 Å². The number of nitrogens with zero attached hydrogens (tertiary/aromatic N) is 4. The molecule has 20 heavy (non-hydrogen) atoms. The van der Waals surface area contributed by atoms with Crippen molar-refractivity contribution in [2.75, 3.05) is 12.1 Å². The molecule has 0 spiro atoms. The molecule has 0 amide bonds. The summed E-state index contributed by atoms with van der Waals surface area (Å²) in [6.45, 7) is 0. The van der Waals surface area contributed by atoms with Crippen molar-refractivity contribution in [2.45, 2.75) is 11.6 Å². The summed E-state index contributed by atoms with van der Waals surface area (Å²) in [7, 11) is 0. The second-order valence-electron chi connectivity index (χ2n) is 3.87. The van der Waals surface area contributed by atoms with Crippen LogP contribution in [-0.4, -0.2) is 26.1 Å². The molecule has 0 unspecified atom stereocenters. The molecule has 0 bridgehead atoms. The van der Waals surface area contributed by atoms with Gasteiger partial charge in [0.15, 0.2) is 0 Å². The van der Waals surface area contributed by atoms with Crippen molar-refractivity contribution in [3.63, 3.8) is 0 Å². The third-order valence-corrected chi connectivity index (χ3v) is 3.30. The fourth-order valence-corrected chi connectivity index (χ4v) is 2.09. The van der Waals surface area contributed by atoms with Gasteiger partial charge >= 0.3 is 0 Å². The number of benzene rings is 1. The molecule has 8 nitrogen and oxygen atoms in total. The predicted molar refractivity (Wildman–Crippen MR) is 74.1 cm³/mol. The molecule has 1 aromatic heterocycles. The van der Waals surface area contributed by atoms with Gasteiger partial charge < -0.3 is 5.84 Å². The molecule has 0 radical (unpaired) electrons. The zero-order chi connectivity index (χ0) is 14.7. The van der Waals surface area contributed by atoms with E-state index in [0.29, 0.717) is 5.56 Å². The van der Waals surface area contributed by atoms with Gasteiger partial charge in [0.25, 0.3) is 11.2 Å². The molecule has 1 aromatic carbocycles. The standard InChI is InChI=1S/C11H11N5O3S/c1-20-11-14-13-8(10(17)15(11)12)6-7-4-2-3-5-9(7)16(18)19/h2-5H,6,12H2,1H3. The largest absolute Gasteiger partial charge is 0.334 e. The van der Waals surface area contributed by atoms with Crippen LogP contribution in [0, 0.1) is 10.1 Å². The average molecular weight is 293 g/mol. The second kappa shape index (κ2) is 5.70. The van der Waals surface area contributed by atoms with E-state index < -0.39 is 10.5 Å². The summed E-state index contributed by atoms with van der Waals surface area (Å²) < 4.78 is 0.891. The van der Waals surface area contributed by atoms with Gasteiger partial charge in [-0.1, -0.05) is 30.0 Å². The fraction of sp³-hybridized carbons (Fsp3) is 0.182. The number of thioether (sulfide) groups is 1. The molecule has 2 aromatic rings. The van der Waals surface area contributed by atoms with Gasteiger partial charge in [0.1, 0.15) is 5.69 Å². The summed E-state index contributed by atoms with van der Waals surface area (Å²) in [5.74, 6) is 5.59. The Kier molecular flexibility index (Phi) is 3.99. The van der Waals surface area contributed by atoms with E-state index in [-0.39, 0.29) is 23.0 Å². The Hall–Kier alpha value is -2.42. The van der Waals surface area contributed by atoms with E-state index >= 15 is 0 Å². The Morgan fingerprint density at radius 1 is 1.40 bits per heavy atom. The van der Waals surface area contributed by atoms with Crippen LogP contribution in [0.25, 0.3) is 0 Å². The van der Waals surface area contributed by atoms with Gasteiger partial charge in [-0.25, -0.2) is 0 Å². The molecule has 0 aliphatic heterocycles. The second-order valence-corrected chi connectivity index (χ2v) is 4.64. The van der Waals surface area contributed by atoms with Gasteiger partial charge in [0, 0.05) is 18.1 Å². The normalized spacial score (nSPS) is 10.4. The minimum atomic E-state index is -0.512. The first-order valence-electron chi connectivity index (χ1n) is 5.54. The van der Waals surface area contributed by atoms with Crippen molar-refractivity contribution >= 4 is 17.4 Å². The van der Waals surface area contributed by atoms with Crippen molar-refractivity contribution in [1.82, 2.24) is 14.9 Å². The molecule has 0 aliphatic carbocycles. The predicted octanol–water partition coefficient (Wildman–Crippen LogP) is 0.573. The minimum Gasteiger partial charge on any atom is -0.334 e. The Bertz CT molecular complexity index is 715. The number of aromatic nitrogens is 3. The van der Waals surface area contributed by atoms with Gasteiger partial charge in [-0.15, -0.1) is 10.2 Å². The third-order valence-electron chi connectivity index (χ3n) is 2.66. The SMILES string of the molecule is CSc1nnc(Cc2ccccc2[N+](=O)[O-])c(=O)n1N. The van der Waals surface area contributed by atoms with E-state index in [1.54, 1.807) is 24.5 Å². The molecule has 104 valence electrons. The molecule has 0 saturated heterocycles. The zero-order valence-electron chi connectivity index (χ0n) is 10.5. The summed E-state index contributed by atoms with van der Waals surface area (Å²) in [4.78, 5) is 22.4. The molecule has 1 heterocycles. The quantitative estimate of drug-likeness (QED) is 0.379. The summed E-state index contributed by atoms with van der Waals surface area (Å²) in [6.07, 6.45) is 1.73. The maximum Gasteiger partial charge on any atom is 0.294 e. The molecule has 0 atom stereocenters. The van der Waals surface area contributed by atoms with Crippen LogP contribution in [0.3, 0.4) is 0 Å².